The van der Waals surface area contributed by atoms with Crippen LogP contribution >= 0.6 is 43.6 Å². The number of hydrogen-bond donors (Lipinski definition) is 0. The fourth-order valence-electron chi connectivity index (χ4n) is 5.42. The Bertz CT molecular complexity index is 1550. The molecule has 0 fully saturated rings. The fraction of sp³-hybridized carbons (Fsp3) is 0.0667. The normalized spacial score (nSPS) is 17.9. The first-order chi connectivity index (χ1) is 16.7. The fourth-order valence-corrected chi connectivity index (χ4v) is 13.9. The molecule has 0 saturated heterocycles. The third kappa shape index (κ3) is 4.40. The van der Waals surface area contributed by atoms with E-state index in [1.54, 1.807) is 0 Å². The molecule has 7 rings (SSSR count). The number of benzene rings is 4. The van der Waals surface area contributed by atoms with E-state index in [1.165, 1.54) is 63.3 Å². The molecule has 176 valence electrons. The maximum Gasteiger partial charge on any atom is -1.00 e. The number of fused-ring (bicyclic) bond motifs is 4. The maximum atomic E-state index is 3.97. The summed E-state index contributed by atoms with van der Waals surface area (Å²) in [7, 11) is 0. The first kappa shape index (κ1) is 26.7. The van der Waals surface area contributed by atoms with Crippen molar-refractivity contribution in [3.05, 3.63) is 127 Å². The van der Waals surface area contributed by atoms with Crippen LogP contribution in [0.2, 0.25) is 0 Å². The van der Waals surface area contributed by atoms with Gasteiger partial charge in [0.05, 0.1) is 0 Å². The predicted molar refractivity (Wildman–Crippen MR) is 147 cm³/mol. The van der Waals surface area contributed by atoms with Crippen LogP contribution in [0, 0.1) is 0 Å². The summed E-state index contributed by atoms with van der Waals surface area (Å²) in [6, 6.07) is 31.4. The van der Waals surface area contributed by atoms with Crippen molar-refractivity contribution in [2.75, 3.05) is 0 Å². The van der Waals surface area contributed by atoms with Gasteiger partial charge in [0.1, 0.15) is 0 Å². The van der Waals surface area contributed by atoms with Gasteiger partial charge in [0.2, 0.25) is 0 Å². The third-order valence-electron chi connectivity index (χ3n) is 6.93. The van der Waals surface area contributed by atoms with Crippen LogP contribution in [0.1, 0.15) is 40.6 Å². The Morgan fingerprint density at radius 3 is 2.17 bits per heavy atom. The molecule has 1 heterocycles. The van der Waals surface area contributed by atoms with Gasteiger partial charge in [-0.15, -0.1) is 0 Å². The molecule has 0 spiro atoms. The Hall–Kier alpha value is -0.867. The minimum Gasteiger partial charge on any atom is -1.00 e. The summed E-state index contributed by atoms with van der Waals surface area (Å²) in [5, 5.41) is 0. The van der Waals surface area contributed by atoms with Gasteiger partial charge in [-0.3, -0.25) is 0 Å². The van der Waals surface area contributed by atoms with Crippen molar-refractivity contribution < 1.29 is 48.0 Å². The molecule has 6 heteroatoms. The molecule has 0 radical (unpaired) electrons. The van der Waals surface area contributed by atoms with Gasteiger partial charge in [-0.05, 0) is 0 Å². The second-order valence-electron chi connectivity index (χ2n) is 8.84. The summed E-state index contributed by atoms with van der Waals surface area (Å²) in [5.41, 5.74) is 11.6. The van der Waals surface area contributed by atoms with Gasteiger partial charge >= 0.3 is 234 Å². The van der Waals surface area contributed by atoms with E-state index in [9.17, 15) is 0 Å². The van der Waals surface area contributed by atoms with Crippen molar-refractivity contribution in [3.8, 4) is 0 Å². The third-order valence-corrected chi connectivity index (χ3v) is 14.0. The zero-order valence-electron chi connectivity index (χ0n) is 18.8. The van der Waals surface area contributed by atoms with E-state index in [0.717, 1.165) is 0 Å². The topological polar surface area (TPSA) is 0 Å². The van der Waals surface area contributed by atoms with Gasteiger partial charge in [-0.25, -0.2) is 0 Å². The van der Waals surface area contributed by atoms with Crippen LogP contribution in [0.5, 0.6) is 0 Å². The van der Waals surface area contributed by atoms with Crippen molar-refractivity contribution in [1.82, 2.24) is 0 Å². The van der Waals surface area contributed by atoms with Crippen LogP contribution in [0.3, 0.4) is 0 Å². The standard InChI is InChI=1S/C15H8BrS.C15H10Br.2ClH.Zr/c16-14-4-5-15-13-8-10(7-12(13)14)9-2-1-3-11(6-9)17-15;16-15-8-4-7-12-9-13(10-14(12)15)11-5-2-1-3-6-11;;;/h1-8H;1-10H;2*1H;/q;;;;+2/p-2. The SMILES string of the molecule is Brc1cccc2c1[CH]([Zr+2][CH]1C3=Cc4c(ccc(Br)c41)Sc1cccc3c1)C(c1ccccc1)=C2.[Cl-].[Cl-]. The van der Waals surface area contributed by atoms with Crippen LogP contribution in [0.25, 0.3) is 23.3 Å². The molecular formula is C30H18Br2Cl2SZr. The minimum atomic E-state index is -1.06. The maximum absolute atomic E-state index is 3.97. The Labute approximate surface area is 256 Å². The Morgan fingerprint density at radius 2 is 1.33 bits per heavy atom. The molecule has 0 amide bonds. The molecule has 0 nitrogen and oxygen atoms in total. The second-order valence-corrected chi connectivity index (χ2v) is 15.3. The van der Waals surface area contributed by atoms with E-state index < -0.39 is 23.2 Å². The molecule has 4 bridgehead atoms. The van der Waals surface area contributed by atoms with Gasteiger partial charge in [0.25, 0.3) is 0 Å². The molecule has 1 aliphatic heterocycles. The monoisotopic (exact) mass is 728 g/mol. The first-order valence-corrected chi connectivity index (χ1v) is 16.6. The molecule has 0 aromatic heterocycles. The summed E-state index contributed by atoms with van der Waals surface area (Å²) < 4.78 is 3.49. The van der Waals surface area contributed by atoms with E-state index >= 15 is 0 Å². The van der Waals surface area contributed by atoms with Crippen molar-refractivity contribution in [2.24, 2.45) is 0 Å². The number of hydrogen-bond acceptors (Lipinski definition) is 1. The average Bonchev–Trinajstić information content (AvgIpc) is 3.42. The largest absolute Gasteiger partial charge is 1.00 e. The van der Waals surface area contributed by atoms with Crippen LogP contribution < -0.4 is 24.8 Å². The summed E-state index contributed by atoms with van der Waals surface area (Å²) in [4.78, 5) is 2.71. The molecule has 2 unspecified atom stereocenters. The Kier molecular flexibility index (Phi) is 7.96. The van der Waals surface area contributed by atoms with E-state index in [1.807, 2.05) is 11.8 Å². The molecular weight excluding hydrogens is 714 g/mol. The molecule has 2 atom stereocenters. The van der Waals surface area contributed by atoms with Gasteiger partial charge in [0, 0.05) is 0 Å². The minimum absolute atomic E-state index is 0. The van der Waals surface area contributed by atoms with Crippen LogP contribution in [0.4, 0.5) is 0 Å². The molecule has 2 aliphatic carbocycles. The molecule has 0 saturated carbocycles. The predicted octanol–water partition coefficient (Wildman–Crippen LogP) is 3.66. The molecule has 0 N–H and O–H groups in total. The second kappa shape index (κ2) is 10.7. The number of rotatable bonds is 3. The molecule has 36 heavy (non-hydrogen) atoms. The summed E-state index contributed by atoms with van der Waals surface area (Å²) >= 11 is 8.73. The van der Waals surface area contributed by atoms with Crippen molar-refractivity contribution >= 4 is 66.9 Å². The van der Waals surface area contributed by atoms with E-state index in [-0.39, 0.29) is 24.8 Å². The van der Waals surface area contributed by atoms with Gasteiger partial charge in [0.15, 0.2) is 0 Å². The van der Waals surface area contributed by atoms with Crippen molar-refractivity contribution in [2.45, 2.75) is 17.0 Å². The first-order valence-electron chi connectivity index (χ1n) is 11.3. The zero-order valence-corrected chi connectivity index (χ0v) is 26.8. The quantitative estimate of drug-likeness (QED) is 0.311. The number of allylic oxidation sites excluding steroid dienone is 2. The van der Waals surface area contributed by atoms with Crippen LogP contribution in [-0.2, 0) is 23.2 Å². The Morgan fingerprint density at radius 1 is 0.639 bits per heavy atom. The number of halogens is 4. The smallest absolute Gasteiger partial charge is 1.00 e. The summed E-state index contributed by atoms with van der Waals surface area (Å²) in [5.74, 6) is 0. The van der Waals surface area contributed by atoms with Gasteiger partial charge < -0.3 is 24.8 Å². The van der Waals surface area contributed by atoms with E-state index in [4.69, 9.17) is 0 Å². The summed E-state index contributed by atoms with van der Waals surface area (Å²) in [6.45, 7) is 0. The van der Waals surface area contributed by atoms with E-state index in [0.29, 0.717) is 7.25 Å². The molecule has 3 aliphatic rings. The van der Waals surface area contributed by atoms with Crippen molar-refractivity contribution in [3.63, 3.8) is 0 Å². The molecule has 4 aromatic rings. The zero-order chi connectivity index (χ0) is 22.8. The van der Waals surface area contributed by atoms with Crippen molar-refractivity contribution in [1.29, 1.82) is 0 Å². The Balaban J connectivity index is 0.00000133. The summed E-state index contributed by atoms with van der Waals surface area (Å²) in [6.07, 6.45) is 4.94. The van der Waals surface area contributed by atoms with Crippen LogP contribution in [-0.4, -0.2) is 0 Å². The van der Waals surface area contributed by atoms with Crippen LogP contribution in [0.15, 0.2) is 104 Å². The average molecular weight is 732 g/mol. The molecule has 4 aromatic carbocycles. The van der Waals surface area contributed by atoms with E-state index in [2.05, 4.69) is 129 Å². The van der Waals surface area contributed by atoms with Gasteiger partial charge in [-0.1, -0.05) is 0 Å². The van der Waals surface area contributed by atoms with Gasteiger partial charge in [-0.2, -0.15) is 0 Å².